The highest BCUT2D eigenvalue weighted by atomic mass is 32.2. The molecule has 6 aromatic rings. The van der Waals surface area contributed by atoms with Crippen LogP contribution in [0.15, 0.2) is 157 Å². The second-order valence-electron chi connectivity index (χ2n) is 13.0. The minimum Gasteiger partial charge on any atom is -0.497 e. The summed E-state index contributed by atoms with van der Waals surface area (Å²) >= 11 is 0. The number of hydrogen-bond donors (Lipinski definition) is 4. The van der Waals surface area contributed by atoms with Gasteiger partial charge >= 0.3 is 11.9 Å². The van der Waals surface area contributed by atoms with E-state index in [0.717, 1.165) is 27.8 Å². The first-order valence-electron chi connectivity index (χ1n) is 17.8. The fourth-order valence-corrected chi connectivity index (χ4v) is 8.25. The van der Waals surface area contributed by atoms with Crippen LogP contribution in [0, 0.1) is 0 Å². The smallest absolute Gasteiger partial charge is 0.335 e. The van der Waals surface area contributed by atoms with Crippen molar-refractivity contribution in [1.29, 1.82) is 0 Å². The first kappa shape index (κ1) is 41.7. The predicted molar refractivity (Wildman–Crippen MR) is 221 cm³/mol. The van der Waals surface area contributed by atoms with Gasteiger partial charge in [-0.3, -0.25) is 9.44 Å². The van der Waals surface area contributed by atoms with E-state index >= 15 is 0 Å². The summed E-state index contributed by atoms with van der Waals surface area (Å²) in [4.78, 5) is 22.8. The highest BCUT2D eigenvalue weighted by Gasteiger charge is 2.16. The van der Waals surface area contributed by atoms with Gasteiger partial charge in [0.2, 0.25) is 10.0 Å². The van der Waals surface area contributed by atoms with E-state index in [1.807, 2.05) is 24.3 Å². The fraction of sp³-hybridized carbons (Fsp3) is 0.136. The Morgan fingerprint density at radius 2 is 0.982 bits per heavy atom. The van der Waals surface area contributed by atoms with E-state index in [4.69, 9.17) is 4.74 Å². The summed E-state index contributed by atoms with van der Waals surface area (Å²) in [6.07, 6.45) is 2.29. The van der Waals surface area contributed by atoms with Crippen molar-refractivity contribution in [3.8, 4) is 5.75 Å². The maximum atomic E-state index is 12.6. The van der Waals surface area contributed by atoms with Gasteiger partial charge in [0.25, 0.3) is 10.0 Å². The van der Waals surface area contributed by atoms with Gasteiger partial charge in [-0.2, -0.15) is 0 Å². The van der Waals surface area contributed by atoms with Crippen molar-refractivity contribution in [3.63, 3.8) is 0 Å². The van der Waals surface area contributed by atoms with Crippen molar-refractivity contribution in [2.75, 3.05) is 16.6 Å². The Morgan fingerprint density at radius 1 is 0.526 bits per heavy atom. The lowest BCUT2D eigenvalue weighted by Gasteiger charge is -2.11. The Labute approximate surface area is 332 Å². The zero-order chi connectivity index (χ0) is 40.8. The average Bonchev–Trinajstić information content (AvgIpc) is 3.20. The van der Waals surface area contributed by atoms with Crippen LogP contribution in [-0.2, 0) is 51.5 Å². The Kier molecular flexibility index (Phi) is 14.2. The number of methoxy groups -OCH3 is 1. The van der Waals surface area contributed by atoms with Gasteiger partial charge < -0.3 is 14.9 Å². The van der Waals surface area contributed by atoms with Gasteiger partial charge in [0.15, 0.2) is 0 Å². The number of nitrogens with one attached hydrogen (secondary N) is 2. The molecule has 0 saturated heterocycles. The lowest BCUT2D eigenvalue weighted by Crippen LogP contribution is -2.15. The Hall–Kier alpha value is -6.44. The molecule has 0 atom stereocenters. The number of aromatic carboxylic acids is 2. The minimum absolute atomic E-state index is 0.0932. The van der Waals surface area contributed by atoms with Crippen LogP contribution in [0.5, 0.6) is 5.75 Å². The molecule has 6 aromatic carbocycles. The zero-order valence-electron chi connectivity index (χ0n) is 31.0. The molecule has 0 aliphatic carbocycles. The van der Waals surface area contributed by atoms with Crippen LogP contribution in [0.25, 0.3) is 0 Å². The van der Waals surface area contributed by atoms with Gasteiger partial charge in [-0.15, -0.1) is 0 Å². The van der Waals surface area contributed by atoms with Crippen molar-refractivity contribution >= 4 is 43.4 Å². The number of hydrogen-bond acceptors (Lipinski definition) is 7. The van der Waals surface area contributed by atoms with Crippen LogP contribution < -0.4 is 14.2 Å². The maximum Gasteiger partial charge on any atom is 0.335 e. The van der Waals surface area contributed by atoms with Crippen LogP contribution in [-0.4, -0.2) is 46.1 Å². The molecule has 0 fully saturated rings. The summed E-state index contributed by atoms with van der Waals surface area (Å²) < 4.78 is 60.2. The molecule has 0 aliphatic heterocycles. The Bertz CT molecular complexity index is 2530. The van der Waals surface area contributed by atoms with Gasteiger partial charge in [0, 0.05) is 11.4 Å². The van der Waals surface area contributed by atoms with Crippen LogP contribution in [0.4, 0.5) is 11.4 Å². The monoisotopic (exact) mass is 806 g/mol. The summed E-state index contributed by atoms with van der Waals surface area (Å²) in [5.41, 5.74) is 5.57. The summed E-state index contributed by atoms with van der Waals surface area (Å²) in [6.45, 7) is 0. The molecular weight excluding hydrogens is 765 g/mol. The normalized spacial score (nSPS) is 11.1. The van der Waals surface area contributed by atoms with E-state index in [0.29, 0.717) is 48.4 Å². The van der Waals surface area contributed by atoms with E-state index in [1.165, 1.54) is 19.2 Å². The van der Waals surface area contributed by atoms with E-state index < -0.39 is 32.0 Å². The van der Waals surface area contributed by atoms with Gasteiger partial charge in [-0.05, 0) is 114 Å². The van der Waals surface area contributed by atoms with Crippen LogP contribution in [0.2, 0.25) is 0 Å². The van der Waals surface area contributed by atoms with Crippen LogP contribution in [0.1, 0.15) is 48.5 Å². The van der Waals surface area contributed by atoms with Crippen molar-refractivity contribution in [2.24, 2.45) is 0 Å². The third-order valence-electron chi connectivity index (χ3n) is 8.81. The van der Waals surface area contributed by atoms with E-state index in [-0.39, 0.29) is 16.2 Å². The predicted octanol–water partition coefficient (Wildman–Crippen LogP) is 8.09. The number of benzene rings is 6. The molecule has 0 spiro atoms. The second-order valence-corrected chi connectivity index (χ2v) is 16.4. The average molecular weight is 807 g/mol. The molecule has 0 heterocycles. The second kappa shape index (κ2) is 19.4. The zero-order valence-corrected chi connectivity index (χ0v) is 32.7. The Balaban J connectivity index is 0.000000218. The molecule has 0 radical (unpaired) electrons. The van der Waals surface area contributed by atoms with E-state index in [2.05, 4.69) is 9.44 Å². The maximum absolute atomic E-state index is 12.6. The molecule has 0 saturated carbocycles. The molecule has 6 rings (SSSR count). The molecule has 0 aliphatic rings. The molecule has 4 N–H and O–H groups in total. The summed E-state index contributed by atoms with van der Waals surface area (Å²) in [5.74, 6) is -1.42. The lowest BCUT2D eigenvalue weighted by molar-refractivity contribution is 0.0684. The SMILES string of the molecule is COc1ccc(S(=O)(=O)Nc2cccc(CCc3ccccc3C(=O)O)c2)cc1.O=C(O)c1ccccc1CCc1cccc(NS(=O)(=O)Cc2ccccc2)c1. The molecule has 0 amide bonds. The molecular formula is C44H42N2O9S2. The van der Waals surface area contributed by atoms with Gasteiger partial charge in [0.1, 0.15) is 5.75 Å². The molecule has 13 heteroatoms. The van der Waals surface area contributed by atoms with E-state index in [9.17, 15) is 36.6 Å². The molecule has 0 bridgehead atoms. The molecule has 0 aromatic heterocycles. The summed E-state index contributed by atoms with van der Waals surface area (Å²) in [6, 6.07) is 43.2. The molecule has 11 nitrogen and oxygen atoms in total. The highest BCUT2D eigenvalue weighted by Crippen LogP contribution is 2.22. The Morgan fingerprint density at radius 3 is 1.47 bits per heavy atom. The fourth-order valence-electron chi connectivity index (χ4n) is 6.01. The number of ether oxygens (including phenoxy) is 1. The minimum atomic E-state index is -3.72. The first-order valence-corrected chi connectivity index (χ1v) is 21.0. The highest BCUT2D eigenvalue weighted by molar-refractivity contribution is 7.92. The summed E-state index contributed by atoms with van der Waals surface area (Å²) in [5, 5.41) is 18.6. The van der Waals surface area contributed by atoms with Crippen molar-refractivity contribution < 1.29 is 41.4 Å². The molecule has 57 heavy (non-hydrogen) atoms. The number of carbonyl (C=O) groups is 2. The lowest BCUT2D eigenvalue weighted by atomic mass is 10.00. The van der Waals surface area contributed by atoms with Crippen LogP contribution in [0.3, 0.4) is 0 Å². The number of carboxylic acids is 2. The standard InChI is InChI=1S/C22H21NO5S.C22H21NO4S/c1-28-19-11-13-20(14-12-19)29(26,27)23-18-7-4-5-16(15-18)9-10-17-6-2-3-8-21(17)22(24)25;24-22(25)21-12-5-4-10-19(21)14-13-17-9-6-11-20(15-17)23-28(26,27)16-18-7-2-1-3-8-18/h2-8,11-15,23H,9-10H2,1H3,(H,24,25);1-12,15,23H,13-14,16H2,(H,24,25). The topological polar surface area (TPSA) is 176 Å². The van der Waals surface area contributed by atoms with Gasteiger partial charge in [-0.1, -0.05) is 91.0 Å². The van der Waals surface area contributed by atoms with Crippen LogP contribution >= 0.6 is 0 Å². The molecule has 294 valence electrons. The molecule has 0 unspecified atom stereocenters. The first-order chi connectivity index (χ1) is 27.3. The van der Waals surface area contributed by atoms with E-state index in [1.54, 1.807) is 115 Å². The van der Waals surface area contributed by atoms with Crippen molar-refractivity contribution in [2.45, 2.75) is 36.3 Å². The van der Waals surface area contributed by atoms with Gasteiger partial charge in [0.05, 0.1) is 28.9 Å². The number of anilines is 2. The van der Waals surface area contributed by atoms with Gasteiger partial charge in [-0.25, -0.2) is 26.4 Å². The third kappa shape index (κ3) is 12.5. The number of sulfonamides is 2. The van der Waals surface area contributed by atoms with Crippen molar-refractivity contribution in [1.82, 2.24) is 0 Å². The quantitative estimate of drug-likeness (QED) is 0.0753. The largest absolute Gasteiger partial charge is 0.497 e. The number of aryl methyl sites for hydroxylation is 4. The number of carboxylic acid groups (broad SMARTS) is 2. The number of rotatable bonds is 16. The van der Waals surface area contributed by atoms with Crippen molar-refractivity contribution in [3.05, 3.63) is 191 Å². The summed E-state index contributed by atoms with van der Waals surface area (Å²) in [7, 11) is -5.72. The third-order valence-corrected chi connectivity index (χ3v) is 11.5.